The predicted octanol–water partition coefficient (Wildman–Crippen LogP) is 5.87. The molecule has 0 spiro atoms. The molecule has 1 atom stereocenters. The first-order valence-corrected chi connectivity index (χ1v) is 10.0. The van der Waals surface area contributed by atoms with Gasteiger partial charge in [0.15, 0.2) is 5.78 Å². The molecule has 5 nitrogen and oxygen atoms in total. The van der Waals surface area contributed by atoms with Gasteiger partial charge >= 0.3 is 5.97 Å². The molecule has 0 saturated carbocycles. The lowest BCUT2D eigenvalue weighted by atomic mass is 10.00. The zero-order valence-electron chi connectivity index (χ0n) is 16.9. The van der Waals surface area contributed by atoms with Crippen molar-refractivity contribution in [1.82, 2.24) is 0 Å². The summed E-state index contributed by atoms with van der Waals surface area (Å²) in [7, 11) is 1.60. The molecule has 3 aromatic carbocycles. The lowest BCUT2D eigenvalue weighted by Crippen LogP contribution is -2.14. The summed E-state index contributed by atoms with van der Waals surface area (Å²) in [6.45, 7) is 0. The van der Waals surface area contributed by atoms with Gasteiger partial charge in [-0.3, -0.25) is 4.79 Å². The zero-order chi connectivity index (χ0) is 22.2. The molecule has 0 aliphatic carbocycles. The fraction of sp³-hybridized carbons (Fsp3) is 0.120. The fourth-order valence-electron chi connectivity index (χ4n) is 3.03. The molecule has 0 aromatic heterocycles. The predicted molar refractivity (Wildman–Crippen MR) is 123 cm³/mol. The van der Waals surface area contributed by atoms with Gasteiger partial charge in [-0.1, -0.05) is 41.9 Å². The van der Waals surface area contributed by atoms with Crippen LogP contribution in [0.3, 0.4) is 0 Å². The summed E-state index contributed by atoms with van der Waals surface area (Å²) in [6, 6.07) is 20.8. The minimum atomic E-state index is -0.986. The van der Waals surface area contributed by atoms with E-state index < -0.39 is 5.97 Å². The highest BCUT2D eigenvalue weighted by Gasteiger charge is 2.15. The van der Waals surface area contributed by atoms with E-state index in [0.29, 0.717) is 5.02 Å². The summed E-state index contributed by atoms with van der Waals surface area (Å²) in [5.41, 5.74) is 2.72. The van der Waals surface area contributed by atoms with Crippen molar-refractivity contribution in [1.29, 1.82) is 0 Å². The van der Waals surface area contributed by atoms with Gasteiger partial charge in [0.25, 0.3) is 0 Å². The molecular weight excluding hydrogens is 414 g/mol. The molecule has 3 aromatic rings. The maximum Gasteiger partial charge on any atom is 0.335 e. The summed E-state index contributed by atoms with van der Waals surface area (Å²) >= 11 is 6.01. The van der Waals surface area contributed by atoms with Crippen molar-refractivity contribution in [2.75, 3.05) is 12.4 Å². The summed E-state index contributed by atoms with van der Waals surface area (Å²) in [5.74, 6) is -0.283. The van der Waals surface area contributed by atoms with Crippen LogP contribution in [0.4, 0.5) is 5.69 Å². The van der Waals surface area contributed by atoms with Crippen LogP contribution in [0.2, 0.25) is 5.02 Å². The Balaban J connectivity index is 1.75. The van der Waals surface area contributed by atoms with Crippen LogP contribution in [-0.4, -0.2) is 24.0 Å². The molecule has 0 amide bonds. The number of carboxylic acids is 1. The number of hydrogen-bond acceptors (Lipinski definition) is 4. The molecule has 0 fully saturated rings. The molecule has 3 rings (SSSR count). The Morgan fingerprint density at radius 1 is 1.00 bits per heavy atom. The molecule has 31 heavy (non-hydrogen) atoms. The van der Waals surface area contributed by atoms with Crippen LogP contribution in [0.25, 0.3) is 6.08 Å². The van der Waals surface area contributed by atoms with Gasteiger partial charge in [0.1, 0.15) is 5.75 Å². The molecule has 0 saturated heterocycles. The van der Waals surface area contributed by atoms with Crippen LogP contribution < -0.4 is 10.1 Å². The van der Waals surface area contributed by atoms with E-state index in [9.17, 15) is 9.59 Å². The van der Waals surface area contributed by atoms with Crippen molar-refractivity contribution in [3.8, 4) is 5.75 Å². The minimum absolute atomic E-state index is 0.0505. The third-order valence-electron chi connectivity index (χ3n) is 4.73. The first-order valence-electron chi connectivity index (χ1n) is 9.65. The van der Waals surface area contributed by atoms with Gasteiger partial charge in [0, 0.05) is 17.1 Å². The Kier molecular flexibility index (Phi) is 7.46. The number of ketones is 1. The van der Waals surface area contributed by atoms with Gasteiger partial charge in [0.2, 0.25) is 0 Å². The van der Waals surface area contributed by atoms with E-state index in [-0.39, 0.29) is 23.8 Å². The van der Waals surface area contributed by atoms with Crippen LogP contribution in [-0.2, 0) is 4.79 Å². The van der Waals surface area contributed by atoms with E-state index in [1.807, 2.05) is 36.4 Å². The third-order valence-corrected chi connectivity index (χ3v) is 4.98. The number of rotatable bonds is 9. The average molecular weight is 436 g/mol. The number of aromatic carboxylic acids is 1. The molecule has 0 heterocycles. The highest BCUT2D eigenvalue weighted by atomic mass is 35.5. The molecular formula is C25H22ClNO4. The number of carbonyl (C=O) groups is 2. The number of nitrogens with one attached hydrogen (secondary N) is 1. The fourth-order valence-corrected chi connectivity index (χ4v) is 3.16. The van der Waals surface area contributed by atoms with E-state index in [2.05, 4.69) is 5.32 Å². The van der Waals surface area contributed by atoms with Crippen LogP contribution in [0.5, 0.6) is 5.75 Å². The molecule has 0 unspecified atom stereocenters. The van der Waals surface area contributed by atoms with Crippen LogP contribution in [0.15, 0.2) is 78.9 Å². The maximum absolute atomic E-state index is 12.7. The summed E-state index contributed by atoms with van der Waals surface area (Å²) in [5, 5.41) is 13.0. The molecule has 0 radical (unpaired) electrons. The lowest BCUT2D eigenvalue weighted by molar-refractivity contribution is -0.114. The van der Waals surface area contributed by atoms with E-state index in [1.165, 1.54) is 12.1 Å². The number of allylic oxidation sites excluding steroid dienone is 1. The molecule has 0 aliphatic heterocycles. The van der Waals surface area contributed by atoms with Gasteiger partial charge in [-0.05, 0) is 65.7 Å². The highest BCUT2D eigenvalue weighted by molar-refractivity contribution is 6.30. The number of anilines is 1. The first-order chi connectivity index (χ1) is 14.9. The van der Waals surface area contributed by atoms with Crippen LogP contribution in [0.1, 0.15) is 33.9 Å². The number of ether oxygens (including phenoxy) is 1. The van der Waals surface area contributed by atoms with Crippen molar-refractivity contribution in [2.45, 2.75) is 12.5 Å². The van der Waals surface area contributed by atoms with Gasteiger partial charge in [-0.2, -0.15) is 0 Å². The Bertz CT molecular complexity index is 1060. The molecule has 0 bridgehead atoms. The van der Waals surface area contributed by atoms with Gasteiger partial charge in [-0.15, -0.1) is 0 Å². The van der Waals surface area contributed by atoms with Crippen molar-refractivity contribution in [3.63, 3.8) is 0 Å². The third kappa shape index (κ3) is 6.46. The summed E-state index contributed by atoms with van der Waals surface area (Å²) in [4.78, 5) is 23.7. The first kappa shape index (κ1) is 22.1. The van der Waals surface area contributed by atoms with E-state index in [4.69, 9.17) is 21.4 Å². The number of halogens is 1. The second-order valence-electron chi connectivity index (χ2n) is 6.91. The molecule has 2 N–H and O–H groups in total. The van der Waals surface area contributed by atoms with E-state index in [0.717, 1.165) is 22.6 Å². The molecule has 6 heteroatoms. The zero-order valence-corrected chi connectivity index (χ0v) is 17.7. The normalized spacial score (nSPS) is 11.8. The number of hydrogen-bond donors (Lipinski definition) is 2. The Morgan fingerprint density at radius 2 is 1.65 bits per heavy atom. The second-order valence-corrected chi connectivity index (χ2v) is 7.34. The van der Waals surface area contributed by atoms with Crippen LogP contribution in [0, 0.1) is 0 Å². The second kappa shape index (κ2) is 10.5. The van der Waals surface area contributed by atoms with Crippen molar-refractivity contribution in [3.05, 3.63) is 101 Å². The van der Waals surface area contributed by atoms with Crippen LogP contribution >= 0.6 is 11.6 Å². The van der Waals surface area contributed by atoms with Crippen molar-refractivity contribution >= 4 is 35.1 Å². The quantitative estimate of drug-likeness (QED) is 0.411. The lowest BCUT2D eigenvalue weighted by Gasteiger charge is -2.20. The Morgan fingerprint density at radius 3 is 2.23 bits per heavy atom. The topological polar surface area (TPSA) is 75.6 Å². The van der Waals surface area contributed by atoms with E-state index in [1.54, 1.807) is 43.5 Å². The monoisotopic (exact) mass is 435 g/mol. The van der Waals surface area contributed by atoms with E-state index >= 15 is 0 Å². The average Bonchev–Trinajstić information content (AvgIpc) is 2.78. The van der Waals surface area contributed by atoms with Crippen molar-refractivity contribution in [2.24, 2.45) is 0 Å². The standard InChI is InChI=1S/C25H22ClNO4/c1-31-23-14-3-17(4-15-23)2-13-22(28)16-24(18-5-9-20(26)10-6-18)27-21-11-7-19(8-12-21)25(29)30/h2-15,24,27H,16H2,1H3,(H,29,30)/b13-2+/t24-/m0/s1. The van der Waals surface area contributed by atoms with Gasteiger partial charge < -0.3 is 15.2 Å². The number of methoxy groups -OCH3 is 1. The molecule has 158 valence electrons. The number of benzene rings is 3. The Labute approximate surface area is 185 Å². The number of carbonyl (C=O) groups excluding carboxylic acids is 1. The maximum atomic E-state index is 12.7. The number of carboxylic acid groups (broad SMARTS) is 1. The SMILES string of the molecule is COc1ccc(/C=C/C(=O)C[C@H](Nc2ccc(C(=O)O)cc2)c2ccc(Cl)cc2)cc1. The van der Waals surface area contributed by atoms with Crippen molar-refractivity contribution < 1.29 is 19.4 Å². The van der Waals surface area contributed by atoms with Gasteiger partial charge in [0.05, 0.1) is 18.7 Å². The summed E-state index contributed by atoms with van der Waals surface area (Å²) < 4.78 is 5.14. The van der Waals surface area contributed by atoms with Gasteiger partial charge in [-0.25, -0.2) is 4.79 Å². The molecule has 0 aliphatic rings. The largest absolute Gasteiger partial charge is 0.497 e. The Hall–Kier alpha value is -3.57. The minimum Gasteiger partial charge on any atom is -0.497 e. The summed E-state index contributed by atoms with van der Waals surface area (Å²) in [6.07, 6.45) is 3.54. The highest BCUT2D eigenvalue weighted by Crippen LogP contribution is 2.25. The smallest absolute Gasteiger partial charge is 0.335 e.